The molecule has 143 valence electrons. The fourth-order valence-electron chi connectivity index (χ4n) is 3.91. The fraction of sp³-hybridized carbons (Fsp3) is 0.421. The molecule has 2 bridgehead atoms. The van der Waals surface area contributed by atoms with E-state index < -0.39 is 22.7 Å². The Hall–Kier alpha value is -1.14. The van der Waals surface area contributed by atoms with Crippen molar-refractivity contribution in [3.63, 3.8) is 0 Å². The second-order valence-corrected chi connectivity index (χ2v) is 16.3. The maximum atomic E-state index is 12.7. The van der Waals surface area contributed by atoms with Crippen molar-refractivity contribution in [3.05, 3.63) is 41.3 Å². The standard InChI is InChI=1S/C19H22AsN2O3S2/c1-27(24,25)20-15-5-3-2-4-14(15)17-6-7-18(26-17)19(23)21-16-12-22-10-8-13(16)9-11-22/h2-7,13,16H,8-12H2,1H3,(H,21,23)/t16-/m0/s1. The summed E-state index contributed by atoms with van der Waals surface area (Å²) in [5, 5.41) is 3.22. The summed E-state index contributed by atoms with van der Waals surface area (Å²) in [5.41, 5.74) is 0.926. The van der Waals surface area contributed by atoms with Crippen molar-refractivity contribution in [3.8, 4) is 10.4 Å². The molecule has 1 aromatic carbocycles. The van der Waals surface area contributed by atoms with Gasteiger partial charge in [-0.25, -0.2) is 0 Å². The quantitative estimate of drug-likeness (QED) is 0.681. The molecule has 0 spiro atoms. The summed E-state index contributed by atoms with van der Waals surface area (Å²) < 4.78 is 24.4. The molecule has 8 heteroatoms. The molecule has 1 radical (unpaired) electrons. The van der Waals surface area contributed by atoms with Gasteiger partial charge in [0.1, 0.15) is 0 Å². The van der Waals surface area contributed by atoms with E-state index >= 15 is 0 Å². The molecule has 27 heavy (non-hydrogen) atoms. The summed E-state index contributed by atoms with van der Waals surface area (Å²) in [6.07, 6.45) is 3.62. The predicted molar refractivity (Wildman–Crippen MR) is 110 cm³/mol. The normalized spacial score (nSPS) is 25.1. The van der Waals surface area contributed by atoms with Crippen LogP contribution in [0.15, 0.2) is 36.4 Å². The minimum absolute atomic E-state index is 0.0149. The third-order valence-electron chi connectivity index (χ3n) is 5.24. The van der Waals surface area contributed by atoms with Crippen LogP contribution in [-0.2, 0) is 8.10 Å². The first-order valence-electron chi connectivity index (χ1n) is 9.04. The summed E-state index contributed by atoms with van der Waals surface area (Å²) in [6.45, 7) is 3.26. The second-order valence-electron chi connectivity index (χ2n) is 7.22. The van der Waals surface area contributed by atoms with E-state index in [1.54, 1.807) is 0 Å². The van der Waals surface area contributed by atoms with E-state index in [-0.39, 0.29) is 11.9 Å². The average Bonchev–Trinajstić information content (AvgIpc) is 3.12. The number of amides is 1. The fourth-order valence-corrected chi connectivity index (χ4v) is 9.38. The molecule has 1 amide bonds. The number of hydrogen-bond acceptors (Lipinski definition) is 5. The van der Waals surface area contributed by atoms with Crippen LogP contribution < -0.4 is 9.67 Å². The van der Waals surface area contributed by atoms with E-state index in [1.165, 1.54) is 30.4 Å². The van der Waals surface area contributed by atoms with Gasteiger partial charge in [0.25, 0.3) is 0 Å². The Morgan fingerprint density at radius 2 is 1.93 bits per heavy atom. The van der Waals surface area contributed by atoms with Crippen LogP contribution in [0.2, 0.25) is 0 Å². The van der Waals surface area contributed by atoms with Gasteiger partial charge in [-0.3, -0.25) is 0 Å². The Morgan fingerprint density at radius 1 is 1.19 bits per heavy atom. The zero-order chi connectivity index (χ0) is 19.0. The van der Waals surface area contributed by atoms with Crippen molar-refractivity contribution in [1.82, 2.24) is 10.2 Å². The van der Waals surface area contributed by atoms with Gasteiger partial charge in [0.2, 0.25) is 0 Å². The molecule has 0 unspecified atom stereocenters. The van der Waals surface area contributed by atoms with E-state index in [9.17, 15) is 13.2 Å². The number of rotatable bonds is 5. The molecule has 4 heterocycles. The number of nitrogens with one attached hydrogen (secondary N) is 1. The summed E-state index contributed by atoms with van der Waals surface area (Å²) >= 11 is 0.487. The first-order valence-corrected chi connectivity index (χ1v) is 14.9. The number of fused-ring (bicyclic) bond motifs is 3. The van der Waals surface area contributed by atoms with E-state index in [1.807, 2.05) is 36.4 Å². The first-order chi connectivity index (χ1) is 12.9. The predicted octanol–water partition coefficient (Wildman–Crippen LogP) is 1.53. The molecule has 1 aromatic heterocycles. The van der Waals surface area contributed by atoms with Gasteiger partial charge in [0, 0.05) is 0 Å². The van der Waals surface area contributed by atoms with Gasteiger partial charge < -0.3 is 0 Å². The number of carbonyl (C=O) groups is 1. The van der Waals surface area contributed by atoms with Crippen LogP contribution in [0.4, 0.5) is 0 Å². The van der Waals surface area contributed by atoms with E-state index in [0.717, 1.165) is 34.4 Å². The van der Waals surface area contributed by atoms with Gasteiger partial charge in [-0.05, 0) is 0 Å². The van der Waals surface area contributed by atoms with Gasteiger partial charge in [-0.2, -0.15) is 0 Å². The van der Waals surface area contributed by atoms with Gasteiger partial charge in [-0.15, -0.1) is 0 Å². The topological polar surface area (TPSA) is 66.5 Å². The second kappa shape index (κ2) is 7.70. The third kappa shape index (κ3) is 4.48. The molecule has 5 nitrogen and oxygen atoms in total. The third-order valence-corrected chi connectivity index (χ3v) is 11.0. The Bertz CT molecular complexity index is 949. The Balaban J connectivity index is 1.51. The van der Waals surface area contributed by atoms with Crippen molar-refractivity contribution in [2.75, 3.05) is 25.9 Å². The number of piperidine rings is 3. The number of carbonyl (C=O) groups excluding carboxylic acids is 1. The molecule has 2 aromatic rings. The SMILES string of the molecule is CS(=O)(=O)[As]c1ccccc1-c1ccc(C(=O)N[C@H]2CN3CCC2CC3)s1. The number of thiophene rings is 1. The summed E-state index contributed by atoms with van der Waals surface area (Å²) in [6, 6.07) is 11.6. The summed E-state index contributed by atoms with van der Waals surface area (Å²) in [5.74, 6) is 0.580. The van der Waals surface area contributed by atoms with E-state index in [2.05, 4.69) is 10.2 Å². The van der Waals surface area contributed by atoms with Gasteiger partial charge in [-0.1, -0.05) is 0 Å². The average molecular weight is 465 g/mol. The molecule has 5 rings (SSSR count). The van der Waals surface area contributed by atoms with Crippen LogP contribution in [0.1, 0.15) is 22.5 Å². The molecule has 1 atom stereocenters. The zero-order valence-corrected chi connectivity index (χ0v) is 18.6. The zero-order valence-electron chi connectivity index (χ0n) is 15.1. The van der Waals surface area contributed by atoms with Crippen molar-refractivity contribution >= 4 is 44.3 Å². The van der Waals surface area contributed by atoms with Crippen LogP contribution in [0, 0.1) is 5.92 Å². The van der Waals surface area contributed by atoms with Gasteiger partial charge >= 0.3 is 170 Å². The molecular formula is C19H22AsN2O3S2. The summed E-state index contributed by atoms with van der Waals surface area (Å²) in [4.78, 5) is 16.8. The van der Waals surface area contributed by atoms with Crippen LogP contribution in [-0.4, -0.2) is 65.8 Å². The van der Waals surface area contributed by atoms with Crippen molar-refractivity contribution in [2.45, 2.75) is 18.9 Å². The molecule has 3 aliphatic heterocycles. The molecule has 0 aliphatic carbocycles. The maximum absolute atomic E-state index is 12.7. The molecular weight excluding hydrogens is 443 g/mol. The van der Waals surface area contributed by atoms with E-state index in [0.29, 0.717) is 10.8 Å². The Labute approximate surface area is 169 Å². The number of benzene rings is 1. The molecule has 3 saturated heterocycles. The van der Waals surface area contributed by atoms with E-state index in [4.69, 9.17) is 0 Å². The monoisotopic (exact) mass is 465 g/mol. The minimum atomic E-state index is -3.03. The van der Waals surface area contributed by atoms with Crippen LogP contribution in [0.25, 0.3) is 10.4 Å². The molecule has 0 saturated carbocycles. The Morgan fingerprint density at radius 3 is 2.59 bits per heavy atom. The molecule has 3 fully saturated rings. The van der Waals surface area contributed by atoms with Crippen LogP contribution in [0.5, 0.6) is 0 Å². The van der Waals surface area contributed by atoms with Crippen LogP contribution >= 0.6 is 11.3 Å². The van der Waals surface area contributed by atoms with Gasteiger partial charge in [0.05, 0.1) is 0 Å². The Kier molecular flexibility index (Phi) is 5.47. The number of nitrogens with zero attached hydrogens (tertiary/aromatic N) is 1. The first kappa shape index (κ1) is 19.2. The van der Waals surface area contributed by atoms with Crippen molar-refractivity contribution in [2.24, 2.45) is 5.92 Å². The molecule has 1 N–H and O–H groups in total. The van der Waals surface area contributed by atoms with Crippen LogP contribution in [0.3, 0.4) is 0 Å². The van der Waals surface area contributed by atoms with Gasteiger partial charge in [0.15, 0.2) is 0 Å². The van der Waals surface area contributed by atoms with Crippen molar-refractivity contribution < 1.29 is 13.2 Å². The summed E-state index contributed by atoms with van der Waals surface area (Å²) in [7, 11) is -3.03. The number of hydrogen-bond donors (Lipinski definition) is 1. The molecule has 3 aliphatic rings. The van der Waals surface area contributed by atoms with Crippen molar-refractivity contribution in [1.29, 1.82) is 0 Å².